The van der Waals surface area contributed by atoms with Crippen molar-refractivity contribution >= 4 is 5.69 Å². The predicted octanol–water partition coefficient (Wildman–Crippen LogP) is 1.68. The molecule has 2 rings (SSSR count). The van der Waals surface area contributed by atoms with Crippen LogP contribution in [0.2, 0.25) is 0 Å². The maximum absolute atomic E-state index is 12.9. The minimum Gasteiger partial charge on any atom is -0.369 e. The van der Waals surface area contributed by atoms with Crippen molar-refractivity contribution in [1.82, 2.24) is 4.90 Å². The second kappa shape index (κ2) is 6.16. The average molecular weight is 251 g/mol. The molecule has 1 fully saturated rings. The van der Waals surface area contributed by atoms with Crippen LogP contribution in [0.3, 0.4) is 0 Å². The molecule has 1 heterocycles. The largest absolute Gasteiger partial charge is 0.369 e. The van der Waals surface area contributed by atoms with Gasteiger partial charge < -0.3 is 10.6 Å². The minimum atomic E-state index is -0.172. The molecule has 0 saturated carbocycles. The van der Waals surface area contributed by atoms with E-state index in [1.165, 1.54) is 12.1 Å². The molecule has 0 amide bonds. The van der Waals surface area contributed by atoms with Crippen LogP contribution in [0.4, 0.5) is 10.1 Å². The number of hydrogen-bond acceptors (Lipinski definition) is 3. The van der Waals surface area contributed by atoms with Gasteiger partial charge in [0.15, 0.2) is 0 Å². The summed E-state index contributed by atoms with van der Waals surface area (Å²) in [5.74, 6) is -0.172. The van der Waals surface area contributed by atoms with Crippen LogP contribution in [0.15, 0.2) is 24.3 Å². The highest BCUT2D eigenvalue weighted by atomic mass is 19.1. The van der Waals surface area contributed by atoms with E-state index in [9.17, 15) is 4.39 Å². The van der Waals surface area contributed by atoms with Crippen molar-refractivity contribution in [2.45, 2.75) is 19.4 Å². The Morgan fingerprint density at radius 2 is 1.78 bits per heavy atom. The number of rotatable bonds is 4. The van der Waals surface area contributed by atoms with Crippen molar-refractivity contribution in [3.63, 3.8) is 0 Å². The molecule has 0 radical (unpaired) electrons. The topological polar surface area (TPSA) is 32.5 Å². The first kappa shape index (κ1) is 13.3. The number of nitrogens with zero attached hydrogens (tertiary/aromatic N) is 2. The molecule has 1 unspecified atom stereocenters. The summed E-state index contributed by atoms with van der Waals surface area (Å²) in [7, 11) is 0. The minimum absolute atomic E-state index is 0.172. The lowest BCUT2D eigenvalue weighted by atomic mass is 10.1. The van der Waals surface area contributed by atoms with Crippen LogP contribution in [0.25, 0.3) is 0 Å². The van der Waals surface area contributed by atoms with E-state index in [4.69, 9.17) is 5.73 Å². The lowest BCUT2D eigenvalue weighted by Gasteiger charge is -2.39. The predicted molar refractivity (Wildman–Crippen MR) is 73.3 cm³/mol. The van der Waals surface area contributed by atoms with E-state index in [0.717, 1.165) is 44.8 Å². The van der Waals surface area contributed by atoms with Crippen LogP contribution < -0.4 is 10.6 Å². The zero-order chi connectivity index (χ0) is 13.0. The van der Waals surface area contributed by atoms with Crippen LogP contribution in [-0.4, -0.2) is 43.7 Å². The van der Waals surface area contributed by atoms with Gasteiger partial charge in [-0.2, -0.15) is 0 Å². The third kappa shape index (κ3) is 3.21. The molecule has 1 aromatic rings. The standard InChI is InChI=1S/C14H22FN3/c1-12(6-7-16)17-8-10-18(11-9-17)14-4-2-13(15)3-5-14/h2-5,12H,6-11,16H2,1H3. The molecule has 1 aromatic carbocycles. The van der Waals surface area contributed by atoms with Crippen LogP contribution in [0.5, 0.6) is 0 Å². The number of anilines is 1. The molecular weight excluding hydrogens is 229 g/mol. The van der Waals surface area contributed by atoms with Gasteiger partial charge in [-0.25, -0.2) is 4.39 Å². The summed E-state index contributed by atoms with van der Waals surface area (Å²) in [6.07, 6.45) is 1.05. The van der Waals surface area contributed by atoms with E-state index in [2.05, 4.69) is 16.7 Å². The molecule has 2 N–H and O–H groups in total. The van der Waals surface area contributed by atoms with Gasteiger partial charge in [-0.15, -0.1) is 0 Å². The van der Waals surface area contributed by atoms with Gasteiger partial charge in [0.25, 0.3) is 0 Å². The molecule has 0 aromatic heterocycles. The van der Waals surface area contributed by atoms with E-state index in [0.29, 0.717) is 6.04 Å². The van der Waals surface area contributed by atoms with Crippen molar-refractivity contribution in [1.29, 1.82) is 0 Å². The SMILES string of the molecule is CC(CCN)N1CCN(c2ccc(F)cc2)CC1. The molecular formula is C14H22FN3. The summed E-state index contributed by atoms with van der Waals surface area (Å²) in [6, 6.07) is 7.32. The zero-order valence-electron chi connectivity index (χ0n) is 11.0. The molecule has 0 aliphatic carbocycles. The summed E-state index contributed by atoms with van der Waals surface area (Å²) in [6.45, 7) is 7.10. The summed E-state index contributed by atoms with van der Waals surface area (Å²) in [4.78, 5) is 4.79. The highest BCUT2D eigenvalue weighted by molar-refractivity contribution is 5.46. The van der Waals surface area contributed by atoms with Crippen molar-refractivity contribution in [3.05, 3.63) is 30.1 Å². The fourth-order valence-electron chi connectivity index (χ4n) is 2.50. The molecule has 0 bridgehead atoms. The zero-order valence-corrected chi connectivity index (χ0v) is 11.0. The van der Waals surface area contributed by atoms with E-state index >= 15 is 0 Å². The molecule has 0 spiro atoms. The fourth-order valence-corrected chi connectivity index (χ4v) is 2.50. The Morgan fingerprint density at radius 3 is 2.33 bits per heavy atom. The first-order valence-electron chi connectivity index (χ1n) is 6.65. The van der Waals surface area contributed by atoms with Crippen LogP contribution in [0.1, 0.15) is 13.3 Å². The summed E-state index contributed by atoms with van der Waals surface area (Å²) in [5, 5.41) is 0. The van der Waals surface area contributed by atoms with Gasteiger partial charge in [-0.3, -0.25) is 4.90 Å². The van der Waals surface area contributed by atoms with Gasteiger partial charge in [0, 0.05) is 37.9 Å². The molecule has 1 aliphatic rings. The number of nitrogens with two attached hydrogens (primary N) is 1. The quantitative estimate of drug-likeness (QED) is 0.884. The van der Waals surface area contributed by atoms with Crippen molar-refractivity contribution in [3.8, 4) is 0 Å². The number of halogens is 1. The van der Waals surface area contributed by atoms with Crippen molar-refractivity contribution in [2.24, 2.45) is 5.73 Å². The Balaban J connectivity index is 1.88. The Labute approximate surface area is 108 Å². The maximum Gasteiger partial charge on any atom is 0.123 e. The highest BCUT2D eigenvalue weighted by Crippen LogP contribution is 2.18. The highest BCUT2D eigenvalue weighted by Gasteiger charge is 2.20. The van der Waals surface area contributed by atoms with E-state index in [1.807, 2.05) is 12.1 Å². The Bertz CT molecular complexity index is 358. The summed E-state index contributed by atoms with van der Waals surface area (Å²) in [5.41, 5.74) is 6.71. The van der Waals surface area contributed by atoms with E-state index < -0.39 is 0 Å². The Hall–Kier alpha value is -1.13. The number of benzene rings is 1. The molecule has 4 heteroatoms. The lowest BCUT2D eigenvalue weighted by molar-refractivity contribution is 0.190. The molecule has 18 heavy (non-hydrogen) atoms. The normalized spacial score (nSPS) is 18.9. The number of hydrogen-bond donors (Lipinski definition) is 1. The first-order valence-corrected chi connectivity index (χ1v) is 6.65. The van der Waals surface area contributed by atoms with Crippen LogP contribution >= 0.6 is 0 Å². The third-order valence-corrected chi connectivity index (χ3v) is 3.71. The second-order valence-corrected chi connectivity index (χ2v) is 4.93. The Kier molecular flexibility index (Phi) is 4.55. The molecule has 1 aliphatic heterocycles. The Morgan fingerprint density at radius 1 is 1.17 bits per heavy atom. The molecule has 3 nitrogen and oxygen atoms in total. The first-order chi connectivity index (χ1) is 8.70. The van der Waals surface area contributed by atoms with Gasteiger partial charge in [0.1, 0.15) is 5.82 Å². The monoisotopic (exact) mass is 251 g/mol. The molecule has 1 saturated heterocycles. The van der Waals surface area contributed by atoms with E-state index in [-0.39, 0.29) is 5.82 Å². The smallest absolute Gasteiger partial charge is 0.123 e. The van der Waals surface area contributed by atoms with Gasteiger partial charge in [0.05, 0.1) is 0 Å². The van der Waals surface area contributed by atoms with Crippen molar-refractivity contribution in [2.75, 3.05) is 37.6 Å². The molecule has 1 atom stereocenters. The molecule has 100 valence electrons. The van der Waals surface area contributed by atoms with E-state index in [1.54, 1.807) is 0 Å². The lowest BCUT2D eigenvalue weighted by Crippen LogP contribution is -2.50. The summed E-state index contributed by atoms with van der Waals surface area (Å²) >= 11 is 0. The third-order valence-electron chi connectivity index (χ3n) is 3.71. The summed E-state index contributed by atoms with van der Waals surface area (Å²) < 4.78 is 12.9. The van der Waals surface area contributed by atoms with Crippen LogP contribution in [-0.2, 0) is 0 Å². The maximum atomic E-state index is 12.9. The number of piperazine rings is 1. The van der Waals surface area contributed by atoms with Gasteiger partial charge in [-0.05, 0) is 44.2 Å². The van der Waals surface area contributed by atoms with Crippen LogP contribution in [0, 0.1) is 5.82 Å². The fraction of sp³-hybridized carbons (Fsp3) is 0.571. The van der Waals surface area contributed by atoms with Gasteiger partial charge in [-0.1, -0.05) is 0 Å². The van der Waals surface area contributed by atoms with Crippen molar-refractivity contribution < 1.29 is 4.39 Å². The van der Waals surface area contributed by atoms with Gasteiger partial charge in [0.2, 0.25) is 0 Å². The second-order valence-electron chi connectivity index (χ2n) is 4.93. The average Bonchev–Trinajstić information content (AvgIpc) is 2.40. The van der Waals surface area contributed by atoms with Gasteiger partial charge >= 0.3 is 0 Å².